The van der Waals surface area contributed by atoms with Gasteiger partial charge in [0.25, 0.3) is 11.8 Å². The molecular weight excluding hydrogens is 528 g/mol. The van der Waals surface area contributed by atoms with Crippen LogP contribution in [0.25, 0.3) is 10.9 Å². The van der Waals surface area contributed by atoms with Gasteiger partial charge in [-0.3, -0.25) is 14.5 Å². The number of para-hydroxylation sites is 1. The number of methoxy groups -OCH3 is 1. The fourth-order valence-corrected chi connectivity index (χ4v) is 6.09. The second-order valence-electron chi connectivity index (χ2n) is 10.5. The Labute approximate surface area is 242 Å². The molecule has 3 heterocycles. The molecule has 0 radical (unpaired) electrons. The van der Waals surface area contributed by atoms with E-state index in [4.69, 9.17) is 4.74 Å². The molecular formula is C34H28N4O4. The van der Waals surface area contributed by atoms with Gasteiger partial charge in [-0.2, -0.15) is 0 Å². The Morgan fingerprint density at radius 3 is 2.36 bits per heavy atom. The Balaban J connectivity index is 1.20. The first-order valence-corrected chi connectivity index (χ1v) is 13.9. The van der Waals surface area contributed by atoms with E-state index in [-0.39, 0.29) is 11.8 Å². The summed E-state index contributed by atoms with van der Waals surface area (Å²) < 4.78 is 5.36. The third-order valence-corrected chi connectivity index (χ3v) is 8.16. The monoisotopic (exact) mass is 556 g/mol. The number of benzene rings is 4. The maximum absolute atomic E-state index is 14.1. The van der Waals surface area contributed by atoms with Gasteiger partial charge in [0.15, 0.2) is 0 Å². The van der Waals surface area contributed by atoms with E-state index in [1.807, 2.05) is 78.9 Å². The van der Waals surface area contributed by atoms with Crippen molar-refractivity contribution in [3.8, 4) is 5.75 Å². The molecule has 0 bridgehead atoms. The van der Waals surface area contributed by atoms with E-state index < -0.39 is 18.1 Å². The van der Waals surface area contributed by atoms with E-state index in [1.54, 1.807) is 36.3 Å². The number of aromatic nitrogens is 1. The highest BCUT2D eigenvalue weighted by Crippen LogP contribution is 2.45. The van der Waals surface area contributed by atoms with Crippen LogP contribution in [0.2, 0.25) is 0 Å². The third kappa shape index (κ3) is 4.19. The van der Waals surface area contributed by atoms with Crippen molar-refractivity contribution in [3.63, 3.8) is 0 Å². The normalized spacial score (nSPS) is 17.7. The summed E-state index contributed by atoms with van der Waals surface area (Å²) in [7, 11) is 1.61. The minimum atomic E-state index is -0.662. The molecule has 4 aromatic carbocycles. The standard InChI is InChI=1S/C34H28N4O4/c1-42-25-17-13-22(14-18-25)31-30-27(26-9-5-6-10-28(26)36-30)19-29-33(40)37(34(41)38(29)31)24-15-11-23(12-16-24)32(39)35-20-21-7-3-2-4-8-21/h2-18,29,31,36H,19-20H2,1H3,(H,35,39)/t29-,31+/m0/s1. The van der Waals surface area contributed by atoms with E-state index in [0.717, 1.165) is 33.3 Å². The number of H-pyrrole nitrogens is 1. The Kier molecular flexibility index (Phi) is 6.23. The van der Waals surface area contributed by atoms with Crippen LogP contribution >= 0.6 is 0 Å². The van der Waals surface area contributed by atoms with Crippen molar-refractivity contribution in [2.45, 2.75) is 25.0 Å². The minimum absolute atomic E-state index is 0.230. The number of ether oxygens (including phenoxy) is 1. The first kappa shape index (κ1) is 25.6. The fourth-order valence-electron chi connectivity index (χ4n) is 6.09. The minimum Gasteiger partial charge on any atom is -0.497 e. The maximum Gasteiger partial charge on any atom is 0.332 e. The van der Waals surface area contributed by atoms with Crippen LogP contribution in [0.3, 0.4) is 0 Å². The van der Waals surface area contributed by atoms with Crippen LogP contribution in [0.1, 0.15) is 38.8 Å². The summed E-state index contributed by atoms with van der Waals surface area (Å²) in [6.45, 7) is 0.405. The Morgan fingerprint density at radius 1 is 0.905 bits per heavy atom. The third-order valence-electron chi connectivity index (χ3n) is 8.16. The lowest BCUT2D eigenvalue weighted by Crippen LogP contribution is -2.44. The molecule has 42 heavy (non-hydrogen) atoms. The van der Waals surface area contributed by atoms with Crippen molar-refractivity contribution in [2.24, 2.45) is 0 Å². The molecule has 8 nitrogen and oxygen atoms in total. The van der Waals surface area contributed by atoms with Gasteiger partial charge in [0.2, 0.25) is 0 Å². The lowest BCUT2D eigenvalue weighted by molar-refractivity contribution is -0.120. The van der Waals surface area contributed by atoms with Crippen molar-refractivity contribution in [3.05, 3.63) is 131 Å². The number of nitrogens with zero attached hydrogens (tertiary/aromatic N) is 2. The molecule has 208 valence electrons. The summed E-state index contributed by atoms with van der Waals surface area (Å²) in [6, 6.07) is 30.3. The molecule has 8 heteroatoms. The Bertz CT molecular complexity index is 1810. The van der Waals surface area contributed by atoms with Gasteiger partial charge in [0.05, 0.1) is 12.8 Å². The molecule has 1 fully saturated rings. The van der Waals surface area contributed by atoms with Crippen LogP contribution in [0.4, 0.5) is 10.5 Å². The Hall–Kier alpha value is -5.37. The zero-order chi connectivity index (χ0) is 28.8. The number of hydrogen-bond acceptors (Lipinski definition) is 4. The van der Waals surface area contributed by atoms with Crippen LogP contribution < -0.4 is 15.0 Å². The number of urea groups is 1. The molecule has 2 atom stereocenters. The first-order valence-electron chi connectivity index (χ1n) is 13.9. The van der Waals surface area contributed by atoms with Gasteiger partial charge in [0.1, 0.15) is 17.8 Å². The highest BCUT2D eigenvalue weighted by Gasteiger charge is 2.53. The molecule has 4 amide bonds. The van der Waals surface area contributed by atoms with Crippen molar-refractivity contribution in [1.82, 2.24) is 15.2 Å². The summed E-state index contributed by atoms with van der Waals surface area (Å²) in [5.74, 6) is 0.198. The van der Waals surface area contributed by atoms with Gasteiger partial charge in [0, 0.05) is 35.1 Å². The highest BCUT2D eigenvalue weighted by atomic mass is 16.5. The topological polar surface area (TPSA) is 94.7 Å². The van der Waals surface area contributed by atoms with Crippen LogP contribution in [-0.2, 0) is 17.8 Å². The van der Waals surface area contributed by atoms with E-state index in [2.05, 4.69) is 10.3 Å². The lowest BCUT2D eigenvalue weighted by atomic mass is 9.89. The summed E-state index contributed by atoms with van der Waals surface area (Å²) in [5.41, 5.74) is 5.68. The molecule has 0 spiro atoms. The number of anilines is 1. The second-order valence-corrected chi connectivity index (χ2v) is 10.5. The summed E-state index contributed by atoms with van der Waals surface area (Å²) in [6.07, 6.45) is 0.410. The summed E-state index contributed by atoms with van der Waals surface area (Å²) in [5, 5.41) is 3.96. The average Bonchev–Trinajstić information content (AvgIpc) is 3.53. The predicted molar refractivity (Wildman–Crippen MR) is 159 cm³/mol. The average molecular weight is 557 g/mol. The Morgan fingerprint density at radius 2 is 1.62 bits per heavy atom. The molecule has 2 N–H and O–H groups in total. The number of carbonyl (C=O) groups excluding carboxylic acids is 3. The van der Waals surface area contributed by atoms with Gasteiger partial charge in [-0.1, -0.05) is 60.7 Å². The zero-order valence-corrected chi connectivity index (χ0v) is 22.9. The molecule has 0 saturated carbocycles. The summed E-state index contributed by atoms with van der Waals surface area (Å²) >= 11 is 0. The number of carbonyl (C=O) groups is 3. The largest absolute Gasteiger partial charge is 0.497 e. The number of nitrogens with one attached hydrogen (secondary N) is 2. The molecule has 1 aromatic heterocycles. The zero-order valence-electron chi connectivity index (χ0n) is 22.9. The van der Waals surface area contributed by atoms with Gasteiger partial charge >= 0.3 is 6.03 Å². The van der Waals surface area contributed by atoms with Gasteiger partial charge in [-0.25, -0.2) is 9.69 Å². The van der Waals surface area contributed by atoms with E-state index in [0.29, 0.717) is 30.0 Å². The van der Waals surface area contributed by atoms with Crippen LogP contribution in [-0.4, -0.2) is 40.9 Å². The van der Waals surface area contributed by atoms with Gasteiger partial charge in [-0.05, 0) is 59.2 Å². The molecule has 2 aliphatic rings. The number of hydrogen-bond donors (Lipinski definition) is 2. The number of imide groups is 1. The lowest BCUT2D eigenvalue weighted by Gasteiger charge is -2.36. The highest BCUT2D eigenvalue weighted by molar-refractivity contribution is 6.22. The van der Waals surface area contributed by atoms with E-state index in [1.165, 1.54) is 4.90 Å². The number of aromatic amines is 1. The molecule has 1 saturated heterocycles. The number of amides is 4. The SMILES string of the molecule is COc1ccc([C@@H]2c3[nH]c4ccccc4c3C[C@H]3C(=O)N(c4ccc(C(=O)NCc5ccccc5)cc4)C(=O)N23)cc1. The van der Waals surface area contributed by atoms with E-state index in [9.17, 15) is 14.4 Å². The molecule has 2 aliphatic heterocycles. The van der Waals surface area contributed by atoms with Crippen LogP contribution in [0.15, 0.2) is 103 Å². The molecule has 7 rings (SSSR count). The van der Waals surface area contributed by atoms with Crippen molar-refractivity contribution in [2.75, 3.05) is 12.0 Å². The van der Waals surface area contributed by atoms with E-state index >= 15 is 0 Å². The van der Waals surface area contributed by atoms with Crippen molar-refractivity contribution >= 4 is 34.4 Å². The first-order chi connectivity index (χ1) is 20.5. The molecule has 0 aliphatic carbocycles. The maximum atomic E-state index is 14.1. The molecule has 0 unspecified atom stereocenters. The quantitative estimate of drug-likeness (QED) is 0.267. The van der Waals surface area contributed by atoms with Crippen molar-refractivity contribution in [1.29, 1.82) is 0 Å². The van der Waals surface area contributed by atoms with Crippen LogP contribution in [0.5, 0.6) is 5.75 Å². The van der Waals surface area contributed by atoms with Crippen molar-refractivity contribution < 1.29 is 19.1 Å². The predicted octanol–water partition coefficient (Wildman–Crippen LogP) is 5.59. The second kappa shape index (κ2) is 10.2. The molecule has 5 aromatic rings. The number of fused-ring (bicyclic) bond motifs is 4. The van der Waals surface area contributed by atoms with Gasteiger partial charge < -0.3 is 15.0 Å². The summed E-state index contributed by atoms with van der Waals surface area (Å²) in [4.78, 5) is 47.2. The number of rotatable bonds is 6. The smallest absolute Gasteiger partial charge is 0.332 e. The fraction of sp³-hybridized carbons (Fsp3) is 0.147. The van der Waals surface area contributed by atoms with Gasteiger partial charge in [-0.15, -0.1) is 0 Å². The van der Waals surface area contributed by atoms with Crippen LogP contribution in [0, 0.1) is 0 Å².